The molecule has 2 N–H and O–H groups in total. The number of hydrogen-bond donors (Lipinski definition) is 2. The molecule has 1 atom stereocenters. The van der Waals surface area contributed by atoms with Gasteiger partial charge in [-0.05, 0) is 17.7 Å². The predicted octanol–water partition coefficient (Wildman–Crippen LogP) is 4.11. The zero-order valence-electron chi connectivity index (χ0n) is 11.7. The Morgan fingerprint density at radius 1 is 1.00 bits per heavy atom. The first-order valence-electron chi connectivity index (χ1n) is 6.82. The third-order valence-corrected chi connectivity index (χ3v) is 5.03. The van der Waals surface area contributed by atoms with Crippen molar-refractivity contribution in [3.8, 4) is 0 Å². The van der Waals surface area contributed by atoms with Crippen molar-refractivity contribution in [3.05, 3.63) is 66.2 Å². The Bertz CT molecular complexity index is 704. The van der Waals surface area contributed by atoms with E-state index in [4.69, 9.17) is 0 Å². The number of benzene rings is 2. The number of rotatable bonds is 6. The average Bonchev–Trinajstić information content (AvgIpc) is 3.02. The second-order valence-electron chi connectivity index (χ2n) is 4.60. The Hall–Kier alpha value is -1.89. The molecule has 112 valence electrons. The summed E-state index contributed by atoms with van der Waals surface area (Å²) >= 11 is 2.99. The molecule has 3 aromatic rings. The molecule has 1 unspecified atom stereocenters. The fourth-order valence-corrected chi connectivity index (χ4v) is 3.65. The summed E-state index contributed by atoms with van der Waals surface area (Å²) < 4.78 is 0.841. The van der Waals surface area contributed by atoms with Gasteiger partial charge in [0.15, 0.2) is 4.34 Å². The highest BCUT2D eigenvalue weighted by Gasteiger charge is 2.10. The normalized spacial score (nSPS) is 12.0. The zero-order valence-corrected chi connectivity index (χ0v) is 13.3. The van der Waals surface area contributed by atoms with E-state index in [1.54, 1.807) is 0 Å². The van der Waals surface area contributed by atoms with Crippen molar-refractivity contribution in [1.29, 1.82) is 0 Å². The molecular weight excluding hydrogens is 314 g/mol. The summed E-state index contributed by atoms with van der Waals surface area (Å²) in [6.45, 7) is 0. The molecule has 0 saturated carbocycles. The summed E-state index contributed by atoms with van der Waals surface area (Å²) in [6.07, 6.45) is -0.499. The Kier molecular flexibility index (Phi) is 5.05. The minimum atomic E-state index is -0.499. The summed E-state index contributed by atoms with van der Waals surface area (Å²) in [7, 11) is 0. The Balaban J connectivity index is 1.56. The lowest BCUT2D eigenvalue weighted by atomic mass is 10.1. The number of nitrogens with zero attached hydrogens (tertiary/aromatic N) is 2. The van der Waals surface area contributed by atoms with Gasteiger partial charge in [0.05, 0.1) is 6.10 Å². The maximum Gasteiger partial charge on any atom is 0.210 e. The topological polar surface area (TPSA) is 58.0 Å². The fourth-order valence-electron chi connectivity index (χ4n) is 1.89. The first-order valence-corrected chi connectivity index (χ1v) is 8.63. The van der Waals surface area contributed by atoms with Crippen LogP contribution in [-0.4, -0.2) is 21.1 Å². The van der Waals surface area contributed by atoms with Crippen LogP contribution in [0.25, 0.3) is 0 Å². The van der Waals surface area contributed by atoms with E-state index in [0.29, 0.717) is 5.75 Å². The lowest BCUT2D eigenvalue weighted by molar-refractivity contribution is 0.204. The Labute approximate surface area is 137 Å². The number of nitrogens with one attached hydrogen (secondary N) is 1. The van der Waals surface area contributed by atoms with Gasteiger partial charge in [0.1, 0.15) is 0 Å². The Morgan fingerprint density at radius 3 is 2.41 bits per heavy atom. The maximum atomic E-state index is 10.1. The van der Waals surface area contributed by atoms with Gasteiger partial charge in [0.2, 0.25) is 5.13 Å². The number of thioether (sulfide) groups is 1. The van der Waals surface area contributed by atoms with Gasteiger partial charge in [0, 0.05) is 11.4 Å². The predicted molar refractivity (Wildman–Crippen MR) is 91.8 cm³/mol. The summed E-state index contributed by atoms with van der Waals surface area (Å²) in [5, 5.41) is 22.4. The van der Waals surface area contributed by atoms with Gasteiger partial charge in [0.25, 0.3) is 0 Å². The molecule has 0 aliphatic carbocycles. The van der Waals surface area contributed by atoms with E-state index < -0.39 is 6.10 Å². The van der Waals surface area contributed by atoms with E-state index in [1.807, 2.05) is 60.7 Å². The van der Waals surface area contributed by atoms with Crippen molar-refractivity contribution in [2.75, 3.05) is 11.1 Å². The fraction of sp³-hybridized carbons (Fsp3) is 0.125. The van der Waals surface area contributed by atoms with Gasteiger partial charge in [-0.25, -0.2) is 0 Å². The lowest BCUT2D eigenvalue weighted by Gasteiger charge is -2.08. The number of para-hydroxylation sites is 1. The molecular formula is C16H15N3OS2. The van der Waals surface area contributed by atoms with E-state index in [9.17, 15) is 5.11 Å². The molecule has 0 fully saturated rings. The highest BCUT2D eigenvalue weighted by atomic mass is 32.2. The standard InChI is InChI=1S/C16H15N3OS2/c20-14(12-7-3-1-4-8-12)11-21-16-19-18-15(22-16)17-13-9-5-2-6-10-13/h1-10,14,20H,11H2,(H,17,18). The molecule has 0 saturated heterocycles. The number of hydrogen-bond acceptors (Lipinski definition) is 6. The summed E-state index contributed by atoms with van der Waals surface area (Å²) in [5.74, 6) is 0.560. The van der Waals surface area contributed by atoms with Crippen LogP contribution < -0.4 is 5.32 Å². The van der Waals surface area contributed by atoms with Gasteiger partial charge >= 0.3 is 0 Å². The van der Waals surface area contributed by atoms with Crippen molar-refractivity contribution >= 4 is 33.9 Å². The van der Waals surface area contributed by atoms with Gasteiger partial charge < -0.3 is 10.4 Å². The van der Waals surface area contributed by atoms with Crippen molar-refractivity contribution in [2.24, 2.45) is 0 Å². The Morgan fingerprint density at radius 2 is 1.68 bits per heavy atom. The molecule has 1 aromatic heterocycles. The minimum Gasteiger partial charge on any atom is -0.388 e. The number of aliphatic hydroxyl groups excluding tert-OH is 1. The molecule has 2 aromatic carbocycles. The second kappa shape index (κ2) is 7.40. The maximum absolute atomic E-state index is 10.1. The van der Waals surface area contributed by atoms with Crippen LogP contribution in [0.4, 0.5) is 10.8 Å². The first kappa shape index (κ1) is 15.0. The highest BCUT2D eigenvalue weighted by molar-refractivity contribution is 8.01. The second-order valence-corrected chi connectivity index (χ2v) is 6.85. The monoisotopic (exact) mass is 329 g/mol. The van der Waals surface area contributed by atoms with E-state index >= 15 is 0 Å². The average molecular weight is 329 g/mol. The molecule has 0 radical (unpaired) electrons. The molecule has 0 aliphatic heterocycles. The summed E-state index contributed by atoms with van der Waals surface area (Å²) in [5.41, 5.74) is 1.90. The van der Waals surface area contributed by atoms with Crippen LogP contribution >= 0.6 is 23.1 Å². The van der Waals surface area contributed by atoms with Crippen LogP contribution in [0.3, 0.4) is 0 Å². The van der Waals surface area contributed by atoms with Crippen LogP contribution in [-0.2, 0) is 0 Å². The molecule has 22 heavy (non-hydrogen) atoms. The van der Waals surface area contributed by atoms with Crippen LogP contribution in [0, 0.1) is 0 Å². The van der Waals surface area contributed by atoms with E-state index in [1.165, 1.54) is 23.1 Å². The van der Waals surface area contributed by atoms with Crippen LogP contribution in [0.2, 0.25) is 0 Å². The third kappa shape index (κ3) is 4.07. The van der Waals surface area contributed by atoms with E-state index in [-0.39, 0.29) is 0 Å². The van der Waals surface area contributed by atoms with Crippen molar-refractivity contribution in [1.82, 2.24) is 10.2 Å². The summed E-state index contributed by atoms with van der Waals surface area (Å²) in [4.78, 5) is 0. The lowest BCUT2D eigenvalue weighted by Crippen LogP contribution is -1.99. The highest BCUT2D eigenvalue weighted by Crippen LogP contribution is 2.30. The molecule has 0 bridgehead atoms. The van der Waals surface area contributed by atoms with Gasteiger partial charge in [-0.2, -0.15) is 0 Å². The molecule has 1 heterocycles. The quantitative estimate of drug-likeness (QED) is 0.667. The molecule has 3 rings (SSSR count). The van der Waals surface area contributed by atoms with Crippen molar-refractivity contribution in [2.45, 2.75) is 10.4 Å². The molecule has 0 aliphatic rings. The van der Waals surface area contributed by atoms with E-state index in [2.05, 4.69) is 15.5 Å². The van der Waals surface area contributed by atoms with Gasteiger partial charge in [-0.3, -0.25) is 0 Å². The van der Waals surface area contributed by atoms with Crippen LogP contribution in [0.15, 0.2) is 65.0 Å². The van der Waals surface area contributed by atoms with Gasteiger partial charge in [-0.1, -0.05) is 71.6 Å². The van der Waals surface area contributed by atoms with E-state index in [0.717, 1.165) is 20.7 Å². The third-order valence-electron chi connectivity index (χ3n) is 2.98. The molecule has 0 amide bonds. The number of aromatic nitrogens is 2. The van der Waals surface area contributed by atoms with Gasteiger partial charge in [-0.15, -0.1) is 10.2 Å². The number of anilines is 2. The van der Waals surface area contributed by atoms with Crippen LogP contribution in [0.1, 0.15) is 11.7 Å². The van der Waals surface area contributed by atoms with Crippen LogP contribution in [0.5, 0.6) is 0 Å². The first-order chi connectivity index (χ1) is 10.8. The van der Waals surface area contributed by atoms with Crippen molar-refractivity contribution in [3.63, 3.8) is 0 Å². The summed E-state index contributed by atoms with van der Waals surface area (Å²) in [6, 6.07) is 19.5. The zero-order chi connectivity index (χ0) is 15.2. The number of aliphatic hydroxyl groups is 1. The SMILES string of the molecule is OC(CSc1nnc(Nc2ccccc2)s1)c1ccccc1. The molecule has 4 nitrogen and oxygen atoms in total. The molecule has 0 spiro atoms. The minimum absolute atomic E-state index is 0.499. The smallest absolute Gasteiger partial charge is 0.210 e. The molecule has 6 heteroatoms. The largest absolute Gasteiger partial charge is 0.388 e. The van der Waals surface area contributed by atoms with Crippen molar-refractivity contribution < 1.29 is 5.11 Å².